The molecular weight excluding hydrogens is 272 g/mol. The Morgan fingerprint density at radius 2 is 1.67 bits per heavy atom. The van der Waals surface area contributed by atoms with Crippen LogP contribution in [0.15, 0.2) is 0 Å². The van der Waals surface area contributed by atoms with Gasteiger partial charge in [0.1, 0.15) is 11.2 Å². The van der Waals surface area contributed by atoms with Gasteiger partial charge in [0.05, 0.1) is 6.54 Å². The second-order valence-corrected chi connectivity index (χ2v) is 7.38. The molecule has 0 aromatic rings. The third-order valence-electron chi connectivity index (χ3n) is 2.80. The van der Waals surface area contributed by atoms with Crippen LogP contribution in [0.25, 0.3) is 0 Å². The highest BCUT2D eigenvalue weighted by Crippen LogP contribution is 2.15. The first-order chi connectivity index (χ1) is 9.46. The Labute approximate surface area is 127 Å². The van der Waals surface area contributed by atoms with Crippen molar-refractivity contribution < 1.29 is 19.1 Å². The van der Waals surface area contributed by atoms with E-state index in [9.17, 15) is 9.59 Å². The molecule has 1 N–H and O–H groups in total. The molecule has 1 atom stereocenters. The fraction of sp³-hybridized carbons (Fsp3) is 0.867. The van der Waals surface area contributed by atoms with Crippen molar-refractivity contribution in [2.75, 3.05) is 19.6 Å². The van der Waals surface area contributed by atoms with Gasteiger partial charge in [-0.1, -0.05) is 0 Å². The number of carbonyl (C=O) groups is 2. The van der Waals surface area contributed by atoms with E-state index in [1.54, 1.807) is 4.90 Å². The molecule has 1 rings (SSSR count). The van der Waals surface area contributed by atoms with Crippen LogP contribution >= 0.6 is 0 Å². The summed E-state index contributed by atoms with van der Waals surface area (Å²) in [5, 5.41) is 3.13. The van der Waals surface area contributed by atoms with Gasteiger partial charge in [-0.15, -0.1) is 0 Å². The van der Waals surface area contributed by atoms with Crippen molar-refractivity contribution in [2.45, 2.75) is 65.2 Å². The highest BCUT2D eigenvalue weighted by Gasteiger charge is 2.30. The molecule has 0 unspecified atom stereocenters. The number of hydrogen-bond donors (Lipinski definition) is 1. The summed E-state index contributed by atoms with van der Waals surface area (Å²) in [6.45, 7) is 12.4. The maximum Gasteiger partial charge on any atom is 0.410 e. The van der Waals surface area contributed by atoms with Gasteiger partial charge in [-0.3, -0.25) is 4.79 Å². The Hall–Kier alpha value is -1.30. The van der Waals surface area contributed by atoms with Crippen LogP contribution < -0.4 is 5.32 Å². The minimum atomic E-state index is -0.487. The molecule has 0 aromatic heterocycles. The lowest BCUT2D eigenvalue weighted by Crippen LogP contribution is -2.40. The van der Waals surface area contributed by atoms with Crippen LogP contribution in [0.3, 0.4) is 0 Å². The van der Waals surface area contributed by atoms with E-state index in [-0.39, 0.29) is 24.6 Å². The lowest BCUT2D eigenvalue weighted by atomic mass is 10.2. The third kappa shape index (κ3) is 7.32. The number of hydrogen-bond acceptors (Lipinski definition) is 5. The monoisotopic (exact) mass is 300 g/mol. The maximum atomic E-state index is 11.9. The van der Waals surface area contributed by atoms with Crippen LogP contribution in [-0.2, 0) is 14.3 Å². The Morgan fingerprint density at radius 3 is 2.19 bits per heavy atom. The van der Waals surface area contributed by atoms with E-state index < -0.39 is 11.2 Å². The minimum absolute atomic E-state index is 0.102. The maximum absolute atomic E-state index is 11.9. The van der Waals surface area contributed by atoms with Gasteiger partial charge in [0.25, 0.3) is 0 Å². The van der Waals surface area contributed by atoms with Crippen molar-refractivity contribution in [1.29, 1.82) is 0 Å². The average molecular weight is 300 g/mol. The van der Waals surface area contributed by atoms with E-state index in [4.69, 9.17) is 9.47 Å². The standard InChI is InChI=1S/C15H28N2O4/c1-14(2,3)20-12(18)9-16-11-7-8-17(10-11)13(19)21-15(4,5)6/h11,16H,7-10H2,1-6H3/t11-/m0/s1. The Balaban J connectivity index is 2.32. The number of nitrogens with one attached hydrogen (secondary N) is 1. The van der Waals surface area contributed by atoms with Crippen molar-refractivity contribution in [2.24, 2.45) is 0 Å². The fourth-order valence-electron chi connectivity index (χ4n) is 2.02. The molecule has 122 valence electrons. The van der Waals surface area contributed by atoms with Crippen LogP contribution in [0.4, 0.5) is 4.79 Å². The van der Waals surface area contributed by atoms with E-state index >= 15 is 0 Å². The third-order valence-corrected chi connectivity index (χ3v) is 2.80. The van der Waals surface area contributed by atoms with E-state index in [1.807, 2.05) is 41.5 Å². The molecule has 1 amide bonds. The molecule has 0 bridgehead atoms. The zero-order chi connectivity index (χ0) is 16.3. The smallest absolute Gasteiger partial charge is 0.410 e. The van der Waals surface area contributed by atoms with Gasteiger partial charge < -0.3 is 19.7 Å². The highest BCUT2D eigenvalue weighted by molar-refractivity contribution is 5.72. The van der Waals surface area contributed by atoms with Gasteiger partial charge in [-0.2, -0.15) is 0 Å². The summed E-state index contributed by atoms with van der Waals surface area (Å²) >= 11 is 0. The molecule has 0 radical (unpaired) electrons. The van der Waals surface area contributed by atoms with Crippen LogP contribution in [0.2, 0.25) is 0 Å². The van der Waals surface area contributed by atoms with Gasteiger partial charge >= 0.3 is 12.1 Å². The first-order valence-electron chi connectivity index (χ1n) is 7.39. The summed E-state index contributed by atoms with van der Waals surface area (Å²) in [7, 11) is 0. The largest absolute Gasteiger partial charge is 0.459 e. The number of rotatable bonds is 3. The number of amides is 1. The Bertz CT molecular complexity index is 382. The molecule has 6 heteroatoms. The van der Waals surface area contributed by atoms with E-state index in [0.717, 1.165) is 6.42 Å². The van der Waals surface area contributed by atoms with Gasteiger partial charge in [0.2, 0.25) is 0 Å². The number of esters is 1. The van der Waals surface area contributed by atoms with Crippen LogP contribution in [0.1, 0.15) is 48.0 Å². The summed E-state index contributed by atoms with van der Waals surface area (Å²) < 4.78 is 10.6. The second-order valence-electron chi connectivity index (χ2n) is 7.38. The molecule has 0 saturated carbocycles. The van der Waals surface area contributed by atoms with Crippen molar-refractivity contribution in [3.8, 4) is 0 Å². The molecule has 1 heterocycles. The number of likely N-dealkylation sites (tertiary alicyclic amines) is 1. The molecule has 1 saturated heterocycles. The highest BCUT2D eigenvalue weighted by atomic mass is 16.6. The Morgan fingerprint density at radius 1 is 1.10 bits per heavy atom. The molecule has 1 aliphatic rings. The lowest BCUT2D eigenvalue weighted by Gasteiger charge is -2.24. The quantitative estimate of drug-likeness (QED) is 0.807. The zero-order valence-electron chi connectivity index (χ0n) is 14.0. The zero-order valence-corrected chi connectivity index (χ0v) is 14.0. The fourth-order valence-corrected chi connectivity index (χ4v) is 2.02. The summed E-state index contributed by atoms with van der Waals surface area (Å²) in [5.74, 6) is -0.279. The first-order valence-corrected chi connectivity index (χ1v) is 7.39. The molecule has 6 nitrogen and oxygen atoms in total. The van der Waals surface area contributed by atoms with E-state index in [2.05, 4.69) is 5.32 Å². The lowest BCUT2D eigenvalue weighted by molar-refractivity contribution is -0.153. The van der Waals surface area contributed by atoms with Gasteiger partial charge in [-0.05, 0) is 48.0 Å². The molecule has 0 aromatic carbocycles. The minimum Gasteiger partial charge on any atom is -0.459 e. The van der Waals surface area contributed by atoms with Gasteiger partial charge in [0, 0.05) is 19.1 Å². The SMILES string of the molecule is CC(C)(C)OC(=O)CN[C@H]1CCN(C(=O)OC(C)(C)C)C1. The summed E-state index contributed by atoms with van der Waals surface area (Å²) in [4.78, 5) is 25.2. The topological polar surface area (TPSA) is 67.9 Å². The molecule has 21 heavy (non-hydrogen) atoms. The number of carbonyl (C=O) groups excluding carboxylic acids is 2. The summed E-state index contributed by atoms with van der Waals surface area (Å²) in [5.41, 5.74) is -0.962. The predicted molar refractivity (Wildman–Crippen MR) is 80.1 cm³/mol. The summed E-state index contributed by atoms with van der Waals surface area (Å²) in [6.07, 6.45) is 0.506. The van der Waals surface area contributed by atoms with Gasteiger partial charge in [-0.25, -0.2) is 4.79 Å². The normalized spacial score (nSPS) is 19.5. The van der Waals surface area contributed by atoms with Crippen LogP contribution in [-0.4, -0.2) is 53.8 Å². The molecule has 1 aliphatic heterocycles. The average Bonchev–Trinajstić information content (AvgIpc) is 2.70. The second kappa shape index (κ2) is 6.64. The van der Waals surface area contributed by atoms with Gasteiger partial charge in [0.15, 0.2) is 0 Å². The molecule has 0 aliphatic carbocycles. The van der Waals surface area contributed by atoms with Crippen LogP contribution in [0.5, 0.6) is 0 Å². The van der Waals surface area contributed by atoms with Crippen molar-refractivity contribution >= 4 is 12.1 Å². The van der Waals surface area contributed by atoms with E-state index in [0.29, 0.717) is 13.1 Å². The molecule has 1 fully saturated rings. The van der Waals surface area contributed by atoms with Crippen molar-refractivity contribution in [1.82, 2.24) is 10.2 Å². The number of ether oxygens (including phenoxy) is 2. The van der Waals surface area contributed by atoms with Crippen molar-refractivity contribution in [3.05, 3.63) is 0 Å². The summed E-state index contributed by atoms with van der Waals surface area (Å²) in [6, 6.07) is 0.102. The number of nitrogens with zero attached hydrogens (tertiary/aromatic N) is 1. The Kier molecular flexibility index (Phi) is 5.61. The van der Waals surface area contributed by atoms with Crippen molar-refractivity contribution in [3.63, 3.8) is 0 Å². The molecule has 0 spiro atoms. The van der Waals surface area contributed by atoms with Crippen LogP contribution in [0, 0.1) is 0 Å². The van der Waals surface area contributed by atoms with E-state index in [1.165, 1.54) is 0 Å². The first kappa shape index (κ1) is 17.8. The predicted octanol–water partition coefficient (Wildman–Crippen LogP) is 1.93. The molecular formula is C15H28N2O4.